The average molecular weight is 282 g/mol. The van der Waals surface area contributed by atoms with Crippen LogP contribution in [0.5, 0.6) is 0 Å². The molecular weight excluding hydrogens is 252 g/mol. The Morgan fingerprint density at radius 2 is 2.05 bits per heavy atom. The fourth-order valence-corrected chi connectivity index (χ4v) is 2.43. The van der Waals surface area contributed by atoms with Crippen LogP contribution in [0.25, 0.3) is 0 Å². The fourth-order valence-electron chi connectivity index (χ4n) is 2.43. The molecule has 0 aromatic carbocycles. The molecule has 1 aliphatic heterocycles. The van der Waals surface area contributed by atoms with Gasteiger partial charge in [0.1, 0.15) is 0 Å². The van der Waals surface area contributed by atoms with Gasteiger partial charge in [-0.15, -0.1) is 0 Å². The third-order valence-corrected chi connectivity index (χ3v) is 3.47. The van der Waals surface area contributed by atoms with Crippen molar-refractivity contribution in [1.82, 2.24) is 15.5 Å². The number of amides is 1. The van der Waals surface area contributed by atoms with Gasteiger partial charge in [-0.3, -0.25) is 9.79 Å². The molecule has 1 amide bonds. The molecule has 1 atom stereocenters. The maximum Gasteiger partial charge on any atom is 0.224 e. The maximum absolute atomic E-state index is 12.2. The molecule has 2 N–H and O–H groups in total. The van der Waals surface area contributed by atoms with Crippen LogP contribution in [0, 0.1) is 0 Å². The Morgan fingerprint density at radius 1 is 1.35 bits per heavy atom. The Hall–Kier alpha value is -1.26. The highest BCUT2D eigenvalue weighted by Crippen LogP contribution is 2.16. The van der Waals surface area contributed by atoms with Crippen LogP contribution < -0.4 is 10.6 Å². The van der Waals surface area contributed by atoms with Crippen LogP contribution in [-0.4, -0.2) is 48.5 Å². The second-order valence-electron chi connectivity index (χ2n) is 6.56. The minimum atomic E-state index is -0.0345. The third-order valence-electron chi connectivity index (χ3n) is 3.47. The number of hydrogen-bond donors (Lipinski definition) is 2. The zero-order valence-electron chi connectivity index (χ0n) is 13.6. The van der Waals surface area contributed by atoms with Gasteiger partial charge in [0, 0.05) is 38.1 Å². The van der Waals surface area contributed by atoms with Gasteiger partial charge in [0.05, 0.1) is 0 Å². The normalized spacial score (nSPS) is 20.8. The molecule has 0 spiro atoms. The van der Waals surface area contributed by atoms with Gasteiger partial charge in [-0.2, -0.15) is 0 Å². The van der Waals surface area contributed by atoms with Gasteiger partial charge < -0.3 is 15.5 Å². The number of guanidine groups is 1. The standard InChI is InChI=1S/C15H30N4O/c1-12-8-6-7-11-19(12)13(20)9-10-17-14(16-5)18-15(2,3)4/h12H,6-11H2,1-5H3,(H2,16,17,18). The van der Waals surface area contributed by atoms with Crippen LogP contribution in [0.4, 0.5) is 0 Å². The average Bonchev–Trinajstić information content (AvgIpc) is 2.36. The first-order valence-electron chi connectivity index (χ1n) is 7.62. The van der Waals surface area contributed by atoms with Crippen molar-refractivity contribution in [2.75, 3.05) is 20.1 Å². The highest BCUT2D eigenvalue weighted by molar-refractivity contribution is 5.81. The van der Waals surface area contributed by atoms with E-state index in [9.17, 15) is 4.79 Å². The number of aliphatic imine (C=N–C) groups is 1. The molecule has 0 radical (unpaired) electrons. The molecule has 1 rings (SSSR count). The molecule has 0 bridgehead atoms. The molecular formula is C15H30N4O. The number of rotatable bonds is 3. The molecule has 5 nitrogen and oxygen atoms in total. The van der Waals surface area contributed by atoms with E-state index in [1.54, 1.807) is 7.05 Å². The lowest BCUT2D eigenvalue weighted by molar-refractivity contribution is -0.134. The Morgan fingerprint density at radius 3 is 2.60 bits per heavy atom. The van der Waals surface area contributed by atoms with Crippen LogP contribution in [0.3, 0.4) is 0 Å². The quantitative estimate of drug-likeness (QED) is 0.612. The van der Waals surface area contributed by atoms with E-state index < -0.39 is 0 Å². The SMILES string of the molecule is CN=C(NCCC(=O)N1CCCCC1C)NC(C)(C)C. The third kappa shape index (κ3) is 5.80. The Balaban J connectivity index is 2.34. The zero-order valence-corrected chi connectivity index (χ0v) is 13.6. The summed E-state index contributed by atoms with van der Waals surface area (Å²) in [6, 6.07) is 0.392. The number of carbonyl (C=O) groups is 1. The molecule has 0 aliphatic carbocycles. The lowest BCUT2D eigenvalue weighted by Crippen LogP contribution is -2.48. The lowest BCUT2D eigenvalue weighted by atomic mass is 10.0. The summed E-state index contributed by atoms with van der Waals surface area (Å²) >= 11 is 0. The number of carbonyl (C=O) groups excluding carboxylic acids is 1. The van der Waals surface area contributed by atoms with E-state index in [2.05, 4.69) is 43.3 Å². The van der Waals surface area contributed by atoms with Crippen molar-refractivity contribution in [2.45, 2.75) is 65.0 Å². The number of likely N-dealkylation sites (tertiary alicyclic amines) is 1. The Labute approximate surface area is 123 Å². The second kappa shape index (κ2) is 7.50. The molecule has 116 valence electrons. The Kier molecular flexibility index (Phi) is 6.30. The highest BCUT2D eigenvalue weighted by atomic mass is 16.2. The van der Waals surface area contributed by atoms with E-state index in [4.69, 9.17) is 0 Å². The zero-order chi connectivity index (χ0) is 15.2. The lowest BCUT2D eigenvalue weighted by Gasteiger charge is -2.33. The molecule has 1 saturated heterocycles. The number of piperidine rings is 1. The molecule has 1 heterocycles. The number of nitrogens with one attached hydrogen (secondary N) is 2. The van der Waals surface area contributed by atoms with Crippen LogP contribution in [0.2, 0.25) is 0 Å². The van der Waals surface area contributed by atoms with Crippen molar-refractivity contribution in [3.63, 3.8) is 0 Å². The molecule has 1 fully saturated rings. The molecule has 1 unspecified atom stereocenters. The minimum absolute atomic E-state index is 0.0345. The summed E-state index contributed by atoms with van der Waals surface area (Å²) in [6.07, 6.45) is 4.03. The highest BCUT2D eigenvalue weighted by Gasteiger charge is 2.22. The van der Waals surface area contributed by atoms with Crippen LogP contribution in [-0.2, 0) is 4.79 Å². The summed E-state index contributed by atoms with van der Waals surface area (Å²) in [5, 5.41) is 6.48. The first-order chi connectivity index (χ1) is 9.33. The number of nitrogens with zero attached hydrogens (tertiary/aromatic N) is 2. The van der Waals surface area contributed by atoms with E-state index in [-0.39, 0.29) is 11.4 Å². The predicted molar refractivity (Wildman–Crippen MR) is 83.9 cm³/mol. The van der Waals surface area contributed by atoms with Crippen molar-refractivity contribution < 1.29 is 4.79 Å². The molecule has 20 heavy (non-hydrogen) atoms. The van der Waals surface area contributed by atoms with E-state index in [0.717, 1.165) is 25.3 Å². The first-order valence-corrected chi connectivity index (χ1v) is 7.62. The molecule has 1 aliphatic rings. The van der Waals surface area contributed by atoms with Crippen molar-refractivity contribution in [3.8, 4) is 0 Å². The second-order valence-corrected chi connectivity index (χ2v) is 6.56. The van der Waals surface area contributed by atoms with Gasteiger partial charge in [-0.1, -0.05) is 0 Å². The van der Waals surface area contributed by atoms with Crippen LogP contribution in [0.15, 0.2) is 4.99 Å². The number of hydrogen-bond acceptors (Lipinski definition) is 2. The van der Waals surface area contributed by atoms with Gasteiger partial charge in [-0.05, 0) is 47.0 Å². The van der Waals surface area contributed by atoms with Crippen molar-refractivity contribution in [1.29, 1.82) is 0 Å². The topological polar surface area (TPSA) is 56.7 Å². The smallest absolute Gasteiger partial charge is 0.224 e. The first kappa shape index (κ1) is 16.8. The van der Waals surface area contributed by atoms with E-state index in [0.29, 0.717) is 19.0 Å². The summed E-state index contributed by atoms with van der Waals surface area (Å²) in [4.78, 5) is 18.4. The largest absolute Gasteiger partial charge is 0.356 e. The van der Waals surface area contributed by atoms with E-state index in [1.807, 2.05) is 4.90 Å². The summed E-state index contributed by atoms with van der Waals surface area (Å²) in [5.41, 5.74) is -0.0345. The predicted octanol–water partition coefficient (Wildman–Crippen LogP) is 1.74. The summed E-state index contributed by atoms with van der Waals surface area (Å²) in [7, 11) is 1.75. The van der Waals surface area contributed by atoms with E-state index in [1.165, 1.54) is 6.42 Å². The molecule has 0 aromatic rings. The van der Waals surface area contributed by atoms with Gasteiger partial charge in [0.15, 0.2) is 5.96 Å². The van der Waals surface area contributed by atoms with Gasteiger partial charge >= 0.3 is 0 Å². The minimum Gasteiger partial charge on any atom is -0.356 e. The fraction of sp³-hybridized carbons (Fsp3) is 0.867. The summed E-state index contributed by atoms with van der Waals surface area (Å²) < 4.78 is 0. The van der Waals surface area contributed by atoms with Gasteiger partial charge in [0.2, 0.25) is 5.91 Å². The van der Waals surface area contributed by atoms with Crippen LogP contribution in [0.1, 0.15) is 53.4 Å². The van der Waals surface area contributed by atoms with Crippen molar-refractivity contribution in [3.05, 3.63) is 0 Å². The monoisotopic (exact) mass is 282 g/mol. The maximum atomic E-state index is 12.2. The summed E-state index contributed by atoms with van der Waals surface area (Å²) in [6.45, 7) is 9.93. The van der Waals surface area contributed by atoms with E-state index >= 15 is 0 Å². The molecule has 5 heteroatoms. The van der Waals surface area contributed by atoms with Gasteiger partial charge in [0.25, 0.3) is 0 Å². The van der Waals surface area contributed by atoms with Crippen LogP contribution >= 0.6 is 0 Å². The molecule has 0 aromatic heterocycles. The Bertz CT molecular complexity index is 346. The van der Waals surface area contributed by atoms with Crippen molar-refractivity contribution in [2.24, 2.45) is 4.99 Å². The van der Waals surface area contributed by atoms with Gasteiger partial charge in [-0.25, -0.2) is 0 Å². The molecule has 0 saturated carbocycles. The summed E-state index contributed by atoms with van der Waals surface area (Å²) in [5.74, 6) is 0.993. The van der Waals surface area contributed by atoms with Crippen molar-refractivity contribution >= 4 is 11.9 Å².